The summed E-state index contributed by atoms with van der Waals surface area (Å²) in [5, 5.41) is 3.21. The van der Waals surface area contributed by atoms with Crippen LogP contribution in [0.1, 0.15) is 50.1 Å². The van der Waals surface area contributed by atoms with Crippen molar-refractivity contribution in [2.75, 3.05) is 13.7 Å². The summed E-state index contributed by atoms with van der Waals surface area (Å²) in [6.45, 7) is 0.856. The molecule has 1 aromatic carbocycles. The highest BCUT2D eigenvalue weighted by Gasteiger charge is 2.31. The van der Waals surface area contributed by atoms with Crippen LogP contribution in [0.2, 0.25) is 0 Å². The first-order valence-corrected chi connectivity index (χ1v) is 7.99. The molecule has 2 amide bonds. The SMILES string of the molecule is COc1ccc(C2CCCN2C(=O)NC2CCCC2)cc1. The molecule has 1 aromatic rings. The van der Waals surface area contributed by atoms with E-state index < -0.39 is 0 Å². The molecule has 0 bridgehead atoms. The van der Waals surface area contributed by atoms with Crippen molar-refractivity contribution >= 4 is 6.03 Å². The standard InChI is InChI=1S/C17H24N2O2/c1-21-15-10-8-13(9-11-15)16-7-4-12-19(16)17(20)18-14-5-2-3-6-14/h8-11,14,16H,2-7,12H2,1H3,(H,18,20). The zero-order chi connectivity index (χ0) is 14.7. The molecule has 21 heavy (non-hydrogen) atoms. The van der Waals surface area contributed by atoms with E-state index in [0.717, 1.165) is 38.0 Å². The molecule has 1 atom stereocenters. The Hall–Kier alpha value is -1.71. The highest BCUT2D eigenvalue weighted by Crippen LogP contribution is 2.33. The number of carbonyl (C=O) groups excluding carboxylic acids is 1. The maximum absolute atomic E-state index is 12.5. The predicted octanol–water partition coefficient (Wildman–Crippen LogP) is 3.48. The Labute approximate surface area is 126 Å². The summed E-state index contributed by atoms with van der Waals surface area (Å²) in [4.78, 5) is 14.5. The number of likely N-dealkylation sites (tertiary alicyclic amines) is 1. The van der Waals surface area contributed by atoms with Gasteiger partial charge in [0.15, 0.2) is 0 Å². The van der Waals surface area contributed by atoms with Crippen LogP contribution >= 0.6 is 0 Å². The van der Waals surface area contributed by atoms with E-state index in [1.807, 2.05) is 17.0 Å². The van der Waals surface area contributed by atoms with Crippen LogP contribution in [0.15, 0.2) is 24.3 Å². The van der Waals surface area contributed by atoms with Gasteiger partial charge in [0, 0.05) is 12.6 Å². The number of nitrogens with zero attached hydrogens (tertiary/aromatic N) is 1. The van der Waals surface area contributed by atoms with Crippen molar-refractivity contribution in [1.29, 1.82) is 0 Å². The molecule has 2 aliphatic rings. The van der Waals surface area contributed by atoms with Gasteiger partial charge in [0.25, 0.3) is 0 Å². The van der Waals surface area contributed by atoms with Crippen molar-refractivity contribution in [3.63, 3.8) is 0 Å². The molecule has 2 fully saturated rings. The Balaban J connectivity index is 1.67. The summed E-state index contributed by atoms with van der Waals surface area (Å²) >= 11 is 0. The number of carbonyl (C=O) groups is 1. The van der Waals surface area contributed by atoms with Gasteiger partial charge >= 0.3 is 6.03 Å². The predicted molar refractivity (Wildman–Crippen MR) is 82.5 cm³/mol. The van der Waals surface area contributed by atoms with Gasteiger partial charge in [-0.2, -0.15) is 0 Å². The van der Waals surface area contributed by atoms with Crippen molar-refractivity contribution < 1.29 is 9.53 Å². The van der Waals surface area contributed by atoms with E-state index in [9.17, 15) is 4.79 Å². The summed E-state index contributed by atoms with van der Waals surface area (Å²) in [5.41, 5.74) is 1.20. The molecule has 1 aliphatic carbocycles. The van der Waals surface area contributed by atoms with Crippen molar-refractivity contribution in [2.45, 2.75) is 50.6 Å². The van der Waals surface area contributed by atoms with Crippen LogP contribution in [0, 0.1) is 0 Å². The smallest absolute Gasteiger partial charge is 0.318 e. The number of hydrogen-bond acceptors (Lipinski definition) is 2. The molecule has 1 saturated carbocycles. The summed E-state index contributed by atoms with van der Waals surface area (Å²) in [6, 6.07) is 8.80. The first-order chi connectivity index (χ1) is 10.3. The fourth-order valence-corrected chi connectivity index (χ4v) is 3.51. The molecule has 1 saturated heterocycles. The molecule has 1 unspecified atom stereocenters. The molecule has 4 heteroatoms. The Kier molecular flexibility index (Phi) is 4.32. The van der Waals surface area contributed by atoms with E-state index in [4.69, 9.17) is 4.74 Å². The van der Waals surface area contributed by atoms with Crippen molar-refractivity contribution in [1.82, 2.24) is 10.2 Å². The van der Waals surface area contributed by atoms with Gasteiger partial charge in [-0.25, -0.2) is 4.79 Å². The first-order valence-electron chi connectivity index (χ1n) is 7.99. The highest BCUT2D eigenvalue weighted by molar-refractivity contribution is 5.75. The van der Waals surface area contributed by atoms with E-state index in [-0.39, 0.29) is 12.1 Å². The molecule has 4 nitrogen and oxygen atoms in total. The summed E-state index contributed by atoms with van der Waals surface area (Å²) in [7, 11) is 1.67. The lowest BCUT2D eigenvalue weighted by molar-refractivity contribution is 0.189. The molecule has 0 spiro atoms. The minimum atomic E-state index is 0.111. The monoisotopic (exact) mass is 288 g/mol. The lowest BCUT2D eigenvalue weighted by Crippen LogP contribution is -2.43. The number of urea groups is 1. The van der Waals surface area contributed by atoms with Gasteiger partial charge in [-0.1, -0.05) is 25.0 Å². The number of ether oxygens (including phenoxy) is 1. The second-order valence-electron chi connectivity index (χ2n) is 6.06. The second kappa shape index (κ2) is 6.37. The molecule has 3 rings (SSSR count). The van der Waals surface area contributed by atoms with E-state index in [1.54, 1.807) is 7.11 Å². The zero-order valence-corrected chi connectivity index (χ0v) is 12.7. The number of methoxy groups -OCH3 is 1. The maximum atomic E-state index is 12.5. The van der Waals surface area contributed by atoms with Crippen LogP contribution < -0.4 is 10.1 Å². The van der Waals surface area contributed by atoms with Crippen molar-refractivity contribution in [3.05, 3.63) is 29.8 Å². The molecule has 1 N–H and O–H groups in total. The third-order valence-corrected chi connectivity index (χ3v) is 4.70. The number of amides is 2. The van der Waals surface area contributed by atoms with Gasteiger partial charge < -0.3 is 15.0 Å². The zero-order valence-electron chi connectivity index (χ0n) is 12.7. The van der Waals surface area contributed by atoms with Gasteiger partial charge in [-0.3, -0.25) is 0 Å². The lowest BCUT2D eigenvalue weighted by atomic mass is 10.0. The van der Waals surface area contributed by atoms with Crippen molar-refractivity contribution in [2.24, 2.45) is 0 Å². The Morgan fingerprint density at radius 1 is 1.14 bits per heavy atom. The topological polar surface area (TPSA) is 41.6 Å². The lowest BCUT2D eigenvalue weighted by Gasteiger charge is -2.27. The second-order valence-corrected chi connectivity index (χ2v) is 6.06. The molecule has 1 heterocycles. The summed E-state index contributed by atoms with van der Waals surface area (Å²) < 4.78 is 5.20. The number of nitrogens with one attached hydrogen (secondary N) is 1. The van der Waals surface area contributed by atoms with Gasteiger partial charge in [0.1, 0.15) is 5.75 Å². The number of benzene rings is 1. The van der Waals surface area contributed by atoms with Crippen LogP contribution in [0.3, 0.4) is 0 Å². The van der Waals surface area contributed by atoms with Crippen LogP contribution in [0.5, 0.6) is 5.75 Å². The largest absolute Gasteiger partial charge is 0.497 e. The van der Waals surface area contributed by atoms with Crippen LogP contribution in [-0.2, 0) is 0 Å². The van der Waals surface area contributed by atoms with E-state index >= 15 is 0 Å². The van der Waals surface area contributed by atoms with Crippen LogP contribution in [-0.4, -0.2) is 30.6 Å². The van der Waals surface area contributed by atoms with E-state index in [1.165, 1.54) is 18.4 Å². The Morgan fingerprint density at radius 2 is 1.86 bits per heavy atom. The highest BCUT2D eigenvalue weighted by atomic mass is 16.5. The van der Waals surface area contributed by atoms with Gasteiger partial charge in [0.2, 0.25) is 0 Å². The Bertz CT molecular complexity index is 480. The van der Waals surface area contributed by atoms with Crippen molar-refractivity contribution in [3.8, 4) is 5.75 Å². The molecule has 0 aromatic heterocycles. The fourth-order valence-electron chi connectivity index (χ4n) is 3.51. The van der Waals surface area contributed by atoms with E-state index in [2.05, 4.69) is 17.4 Å². The van der Waals surface area contributed by atoms with Gasteiger partial charge in [-0.15, -0.1) is 0 Å². The third kappa shape index (κ3) is 3.14. The quantitative estimate of drug-likeness (QED) is 0.925. The third-order valence-electron chi connectivity index (χ3n) is 4.70. The molecular formula is C17H24N2O2. The minimum absolute atomic E-state index is 0.111. The molecule has 0 radical (unpaired) electrons. The number of hydrogen-bond donors (Lipinski definition) is 1. The summed E-state index contributed by atoms with van der Waals surface area (Å²) in [5.74, 6) is 0.860. The Morgan fingerprint density at radius 3 is 2.52 bits per heavy atom. The maximum Gasteiger partial charge on any atom is 0.318 e. The van der Waals surface area contributed by atoms with Crippen LogP contribution in [0.25, 0.3) is 0 Å². The van der Waals surface area contributed by atoms with E-state index in [0.29, 0.717) is 6.04 Å². The normalized spacial score (nSPS) is 22.5. The molecule has 114 valence electrons. The van der Waals surface area contributed by atoms with Gasteiger partial charge in [-0.05, 0) is 43.4 Å². The van der Waals surface area contributed by atoms with Crippen LogP contribution in [0.4, 0.5) is 4.79 Å². The molecule has 1 aliphatic heterocycles. The first kappa shape index (κ1) is 14.2. The fraction of sp³-hybridized carbons (Fsp3) is 0.588. The number of rotatable bonds is 3. The minimum Gasteiger partial charge on any atom is -0.497 e. The van der Waals surface area contributed by atoms with Gasteiger partial charge in [0.05, 0.1) is 13.2 Å². The summed E-state index contributed by atoms with van der Waals surface area (Å²) in [6.07, 6.45) is 6.87. The molecular weight excluding hydrogens is 264 g/mol. The average Bonchev–Trinajstić information content (AvgIpc) is 3.18. The average molecular weight is 288 g/mol.